The molecule has 3 aliphatic rings. The molecule has 0 saturated heterocycles. The lowest BCUT2D eigenvalue weighted by molar-refractivity contribution is 0.258. The smallest absolute Gasteiger partial charge is 0.0138 e. The summed E-state index contributed by atoms with van der Waals surface area (Å²) >= 11 is 0. The summed E-state index contributed by atoms with van der Waals surface area (Å²) in [6.45, 7) is 0. The molecule has 0 aromatic rings. The second-order valence-electron chi connectivity index (χ2n) is 9.33. The Balaban J connectivity index is 1.68. The second-order valence-corrected chi connectivity index (χ2v) is 9.33. The number of rotatable bonds is 3. The van der Waals surface area contributed by atoms with Crippen LogP contribution >= 0.6 is 0 Å². The first-order valence-corrected chi connectivity index (χ1v) is 12.7. The predicted molar refractivity (Wildman–Crippen MR) is 133 cm³/mol. The molecule has 1 heteroatoms. The van der Waals surface area contributed by atoms with Crippen LogP contribution in [0.25, 0.3) is 0 Å². The van der Waals surface area contributed by atoms with Crippen molar-refractivity contribution >= 4 is 0 Å². The number of allylic oxidation sites excluding steroid dienone is 11. The minimum atomic E-state index is 0.630. The fourth-order valence-corrected chi connectivity index (χ4v) is 5.27. The van der Waals surface area contributed by atoms with Crippen molar-refractivity contribution in [2.45, 2.75) is 102 Å². The van der Waals surface area contributed by atoms with E-state index in [2.05, 4.69) is 72.2 Å². The van der Waals surface area contributed by atoms with Gasteiger partial charge in [0, 0.05) is 12.1 Å². The van der Waals surface area contributed by atoms with Crippen LogP contribution in [0, 0.1) is 5.92 Å². The molecule has 0 aliphatic heterocycles. The van der Waals surface area contributed by atoms with Crippen molar-refractivity contribution in [3.8, 4) is 0 Å². The zero-order valence-corrected chi connectivity index (χ0v) is 19.0. The van der Waals surface area contributed by atoms with Crippen molar-refractivity contribution in [3.05, 3.63) is 72.4 Å². The van der Waals surface area contributed by atoms with E-state index in [0.717, 1.165) is 0 Å². The maximum Gasteiger partial charge on any atom is 0.0138 e. The van der Waals surface area contributed by atoms with Gasteiger partial charge in [0.15, 0.2) is 0 Å². The highest BCUT2D eigenvalue weighted by Crippen LogP contribution is 2.32. The fraction of sp³-hybridized carbons (Fsp3) is 0.586. The van der Waals surface area contributed by atoms with Crippen LogP contribution in [-0.2, 0) is 0 Å². The highest BCUT2D eigenvalue weighted by atomic mass is 15.0. The molecule has 2 saturated carbocycles. The molecule has 1 nitrogen and oxygen atoms in total. The highest BCUT2D eigenvalue weighted by Gasteiger charge is 2.28. The third-order valence-corrected chi connectivity index (χ3v) is 6.97. The first-order valence-electron chi connectivity index (χ1n) is 12.7. The Bertz CT molecular complexity index is 633. The van der Waals surface area contributed by atoms with Crippen LogP contribution in [0.15, 0.2) is 72.4 Å². The Morgan fingerprint density at radius 1 is 0.500 bits per heavy atom. The zero-order chi connectivity index (χ0) is 20.7. The van der Waals surface area contributed by atoms with Gasteiger partial charge in [-0.05, 0) is 37.2 Å². The van der Waals surface area contributed by atoms with Gasteiger partial charge in [-0.2, -0.15) is 0 Å². The lowest BCUT2D eigenvalue weighted by atomic mass is 9.78. The highest BCUT2D eigenvalue weighted by molar-refractivity contribution is 5.32. The third-order valence-electron chi connectivity index (χ3n) is 6.97. The Hall–Kier alpha value is -1.60. The first-order chi connectivity index (χ1) is 14.9. The van der Waals surface area contributed by atoms with E-state index >= 15 is 0 Å². The summed E-state index contributed by atoms with van der Waals surface area (Å²) in [6, 6.07) is 1.35. The molecule has 3 aliphatic carbocycles. The molecule has 164 valence electrons. The summed E-state index contributed by atoms with van der Waals surface area (Å²) in [5.41, 5.74) is 1.49. The summed E-state index contributed by atoms with van der Waals surface area (Å²) < 4.78 is 0. The van der Waals surface area contributed by atoms with E-state index in [1.807, 2.05) is 0 Å². The molecule has 30 heavy (non-hydrogen) atoms. The molecule has 0 spiro atoms. The van der Waals surface area contributed by atoms with Gasteiger partial charge in [0.1, 0.15) is 0 Å². The van der Waals surface area contributed by atoms with Crippen LogP contribution in [0.4, 0.5) is 0 Å². The third kappa shape index (κ3) is 8.64. The van der Waals surface area contributed by atoms with E-state index < -0.39 is 0 Å². The lowest BCUT2D eigenvalue weighted by Gasteiger charge is -2.36. The molecule has 1 N–H and O–H groups in total. The maximum absolute atomic E-state index is 4.19. The summed E-state index contributed by atoms with van der Waals surface area (Å²) in [6.07, 6.45) is 43.5. The van der Waals surface area contributed by atoms with Crippen molar-refractivity contribution in [2.24, 2.45) is 5.92 Å². The minimum Gasteiger partial charge on any atom is -0.311 e. The van der Waals surface area contributed by atoms with Gasteiger partial charge in [0.2, 0.25) is 0 Å². The Kier molecular flexibility index (Phi) is 11.1. The van der Waals surface area contributed by atoms with Crippen LogP contribution in [0.3, 0.4) is 0 Å². The van der Waals surface area contributed by atoms with Crippen LogP contribution in [-0.4, -0.2) is 12.1 Å². The zero-order valence-electron chi connectivity index (χ0n) is 19.0. The van der Waals surface area contributed by atoms with Crippen molar-refractivity contribution in [1.29, 1.82) is 0 Å². The Morgan fingerprint density at radius 2 is 1.00 bits per heavy atom. The van der Waals surface area contributed by atoms with Gasteiger partial charge in [0.25, 0.3) is 0 Å². The van der Waals surface area contributed by atoms with Gasteiger partial charge in [0.05, 0.1) is 0 Å². The molecular weight excluding hydrogens is 362 g/mol. The molecule has 0 aromatic carbocycles. The van der Waals surface area contributed by atoms with E-state index in [1.54, 1.807) is 0 Å². The molecule has 0 bridgehead atoms. The van der Waals surface area contributed by atoms with Gasteiger partial charge in [-0.1, -0.05) is 131 Å². The van der Waals surface area contributed by atoms with Crippen LogP contribution in [0.1, 0.15) is 89.9 Å². The topological polar surface area (TPSA) is 12.0 Å². The van der Waals surface area contributed by atoms with Crippen LogP contribution < -0.4 is 5.32 Å². The Labute approximate surface area is 185 Å². The van der Waals surface area contributed by atoms with E-state index in [0.29, 0.717) is 18.0 Å². The van der Waals surface area contributed by atoms with Gasteiger partial charge in [-0.3, -0.25) is 0 Å². The van der Waals surface area contributed by atoms with E-state index in [9.17, 15) is 0 Å². The quantitative estimate of drug-likeness (QED) is 0.499. The summed E-state index contributed by atoms with van der Waals surface area (Å²) in [5, 5.41) is 4.19. The first kappa shape index (κ1) is 23.1. The second kappa shape index (κ2) is 14.4. The van der Waals surface area contributed by atoms with E-state index in [-0.39, 0.29) is 0 Å². The molecule has 3 rings (SSSR count). The molecule has 0 heterocycles. The molecule has 0 amide bonds. The molecule has 0 aromatic heterocycles. The van der Waals surface area contributed by atoms with Crippen LogP contribution in [0.2, 0.25) is 0 Å². The molecule has 0 radical (unpaired) electrons. The van der Waals surface area contributed by atoms with Crippen molar-refractivity contribution in [3.63, 3.8) is 0 Å². The average Bonchev–Trinajstić information content (AvgIpc) is 2.81. The summed E-state index contributed by atoms with van der Waals surface area (Å²) in [5.74, 6) is 0.633. The van der Waals surface area contributed by atoms with E-state index in [1.165, 1.54) is 95.5 Å². The van der Waals surface area contributed by atoms with Crippen molar-refractivity contribution < 1.29 is 0 Å². The summed E-state index contributed by atoms with van der Waals surface area (Å²) in [7, 11) is 0. The van der Waals surface area contributed by atoms with Crippen molar-refractivity contribution in [2.75, 3.05) is 0 Å². The molecule has 2 fully saturated rings. The molecule has 2 unspecified atom stereocenters. The summed E-state index contributed by atoms with van der Waals surface area (Å²) in [4.78, 5) is 0. The minimum absolute atomic E-state index is 0.630. The lowest BCUT2D eigenvalue weighted by Crippen LogP contribution is -2.45. The van der Waals surface area contributed by atoms with Gasteiger partial charge >= 0.3 is 0 Å². The normalized spacial score (nSPS) is 32.6. The average molecular weight is 406 g/mol. The largest absolute Gasteiger partial charge is 0.311 e. The van der Waals surface area contributed by atoms with Gasteiger partial charge in [-0.15, -0.1) is 0 Å². The predicted octanol–water partition coefficient (Wildman–Crippen LogP) is 8.14. The van der Waals surface area contributed by atoms with Crippen molar-refractivity contribution in [1.82, 2.24) is 5.32 Å². The van der Waals surface area contributed by atoms with Gasteiger partial charge in [-0.25, -0.2) is 0 Å². The molecular formula is C29H43N. The maximum atomic E-state index is 4.19. The van der Waals surface area contributed by atoms with E-state index in [4.69, 9.17) is 0 Å². The van der Waals surface area contributed by atoms with Gasteiger partial charge < -0.3 is 5.32 Å². The Morgan fingerprint density at radius 3 is 1.67 bits per heavy atom. The van der Waals surface area contributed by atoms with Crippen LogP contribution in [0.5, 0.6) is 0 Å². The number of nitrogens with one attached hydrogen (secondary N) is 1. The standard InChI is InChI=1S/C29H43N/c1-2-6-10-14-20-26(21-15-11-7-3-1)28-24-18-19-25-29(28)30-27-22-16-12-8-4-5-9-13-17-23-27/h1-3,6-7,10-11,14-15,20-21,27-30H,4-5,8-9,12-13,16-19,22-25H2/b2-1?,3-1?,6-2?,7-3?,10-6+,11-7?,14-10?,15-11-,20-14-,21-15?,26-20?,26-21+. The SMILES string of the molecule is C1=C\C=C/C=C(C2CCCCC2NC2CCCCCCCCCC2)\C=C/C=C/C=C1. The fourth-order valence-electron chi connectivity index (χ4n) is 5.27. The number of hydrogen-bond acceptors (Lipinski definition) is 1. The number of hydrogen-bond donors (Lipinski definition) is 1. The monoisotopic (exact) mass is 405 g/mol. The molecule has 2 atom stereocenters.